The molecule has 4 heteroatoms. The van der Waals surface area contributed by atoms with Crippen LogP contribution in [0.5, 0.6) is 0 Å². The molecule has 0 bridgehead atoms. The minimum Gasteiger partial charge on any atom is -0.339 e. The van der Waals surface area contributed by atoms with E-state index in [1.54, 1.807) is 0 Å². The van der Waals surface area contributed by atoms with E-state index in [0.29, 0.717) is 0 Å². The van der Waals surface area contributed by atoms with Gasteiger partial charge in [-0.15, -0.1) is 0 Å². The standard InChI is InChI=1S/C15H21N3O/c16-12-6-2-5-9-15-17-14(18-19-15)11-10-13-7-3-1-4-8-13/h1,3-4,7-8H,2,5-6,9-12,16H2. The zero-order valence-corrected chi connectivity index (χ0v) is 11.2. The summed E-state index contributed by atoms with van der Waals surface area (Å²) < 4.78 is 5.24. The summed E-state index contributed by atoms with van der Waals surface area (Å²) in [4.78, 5) is 4.41. The molecular weight excluding hydrogens is 238 g/mol. The van der Waals surface area contributed by atoms with Crippen LogP contribution in [-0.2, 0) is 19.3 Å². The van der Waals surface area contributed by atoms with Gasteiger partial charge in [-0.3, -0.25) is 0 Å². The predicted octanol–water partition coefficient (Wildman–Crippen LogP) is 2.53. The van der Waals surface area contributed by atoms with Gasteiger partial charge in [-0.2, -0.15) is 4.98 Å². The van der Waals surface area contributed by atoms with E-state index in [-0.39, 0.29) is 0 Å². The van der Waals surface area contributed by atoms with Crippen molar-refractivity contribution in [2.45, 2.75) is 38.5 Å². The van der Waals surface area contributed by atoms with E-state index in [1.807, 2.05) is 6.07 Å². The van der Waals surface area contributed by atoms with Gasteiger partial charge in [0.1, 0.15) is 0 Å². The van der Waals surface area contributed by atoms with E-state index in [9.17, 15) is 0 Å². The van der Waals surface area contributed by atoms with Crippen molar-refractivity contribution in [2.75, 3.05) is 6.54 Å². The van der Waals surface area contributed by atoms with E-state index in [0.717, 1.165) is 56.8 Å². The summed E-state index contributed by atoms with van der Waals surface area (Å²) in [6.45, 7) is 0.756. The highest BCUT2D eigenvalue weighted by Crippen LogP contribution is 2.07. The first-order valence-electron chi connectivity index (χ1n) is 6.94. The van der Waals surface area contributed by atoms with E-state index < -0.39 is 0 Å². The van der Waals surface area contributed by atoms with Gasteiger partial charge in [0.15, 0.2) is 5.82 Å². The lowest BCUT2D eigenvalue weighted by molar-refractivity contribution is 0.369. The maximum Gasteiger partial charge on any atom is 0.226 e. The molecule has 1 aromatic carbocycles. The molecule has 0 aliphatic heterocycles. The number of aryl methyl sites for hydroxylation is 3. The molecule has 0 spiro atoms. The molecule has 0 unspecified atom stereocenters. The van der Waals surface area contributed by atoms with Crippen LogP contribution in [-0.4, -0.2) is 16.7 Å². The molecule has 2 rings (SSSR count). The predicted molar refractivity (Wildman–Crippen MR) is 74.8 cm³/mol. The normalized spacial score (nSPS) is 10.8. The van der Waals surface area contributed by atoms with Gasteiger partial charge in [0.2, 0.25) is 5.89 Å². The van der Waals surface area contributed by atoms with Crippen LogP contribution in [0.2, 0.25) is 0 Å². The van der Waals surface area contributed by atoms with Gasteiger partial charge in [-0.05, 0) is 31.4 Å². The molecule has 4 nitrogen and oxygen atoms in total. The summed E-state index contributed by atoms with van der Waals surface area (Å²) in [5, 5.41) is 4.02. The number of nitrogens with zero attached hydrogens (tertiary/aromatic N) is 2. The smallest absolute Gasteiger partial charge is 0.226 e. The first-order chi connectivity index (χ1) is 9.38. The van der Waals surface area contributed by atoms with Crippen LogP contribution in [0.15, 0.2) is 34.9 Å². The molecule has 2 N–H and O–H groups in total. The molecule has 0 aliphatic carbocycles. The topological polar surface area (TPSA) is 64.9 Å². The second-order valence-corrected chi connectivity index (χ2v) is 4.69. The summed E-state index contributed by atoms with van der Waals surface area (Å²) >= 11 is 0. The van der Waals surface area contributed by atoms with Crippen molar-refractivity contribution in [3.8, 4) is 0 Å². The number of rotatable bonds is 8. The summed E-state index contributed by atoms with van der Waals surface area (Å²) in [7, 11) is 0. The highest BCUT2D eigenvalue weighted by molar-refractivity contribution is 5.15. The molecular formula is C15H21N3O. The molecule has 0 amide bonds. The Bertz CT molecular complexity index is 467. The fraction of sp³-hybridized carbons (Fsp3) is 0.467. The molecule has 102 valence electrons. The van der Waals surface area contributed by atoms with Gasteiger partial charge in [0.05, 0.1) is 0 Å². The van der Waals surface area contributed by atoms with Crippen molar-refractivity contribution in [3.63, 3.8) is 0 Å². The van der Waals surface area contributed by atoms with Crippen LogP contribution in [0.1, 0.15) is 36.5 Å². The number of aromatic nitrogens is 2. The van der Waals surface area contributed by atoms with Gasteiger partial charge in [0.25, 0.3) is 0 Å². The van der Waals surface area contributed by atoms with Gasteiger partial charge in [0, 0.05) is 12.8 Å². The molecule has 1 heterocycles. The third-order valence-corrected chi connectivity index (χ3v) is 3.09. The van der Waals surface area contributed by atoms with Crippen molar-refractivity contribution in [1.82, 2.24) is 10.1 Å². The van der Waals surface area contributed by atoms with Crippen LogP contribution in [0.25, 0.3) is 0 Å². The number of unbranched alkanes of at least 4 members (excludes halogenated alkanes) is 2. The summed E-state index contributed by atoms with van der Waals surface area (Å²) in [6.07, 6.45) is 5.90. The average molecular weight is 259 g/mol. The zero-order valence-electron chi connectivity index (χ0n) is 11.2. The minimum absolute atomic E-state index is 0.750. The highest BCUT2D eigenvalue weighted by Gasteiger charge is 2.06. The van der Waals surface area contributed by atoms with E-state index >= 15 is 0 Å². The maximum absolute atomic E-state index is 5.46. The molecule has 0 atom stereocenters. The van der Waals surface area contributed by atoms with Crippen molar-refractivity contribution >= 4 is 0 Å². The summed E-state index contributed by atoms with van der Waals surface area (Å²) in [5.41, 5.74) is 6.76. The molecule has 0 fully saturated rings. The Morgan fingerprint density at radius 2 is 1.79 bits per heavy atom. The molecule has 0 saturated carbocycles. The first kappa shape index (κ1) is 13.7. The van der Waals surface area contributed by atoms with E-state index in [2.05, 4.69) is 34.4 Å². The molecule has 0 saturated heterocycles. The highest BCUT2D eigenvalue weighted by atomic mass is 16.5. The summed E-state index contributed by atoms with van der Waals surface area (Å²) in [5.74, 6) is 1.55. The largest absolute Gasteiger partial charge is 0.339 e. The van der Waals surface area contributed by atoms with Crippen molar-refractivity contribution < 1.29 is 4.52 Å². The summed E-state index contributed by atoms with van der Waals surface area (Å²) in [6, 6.07) is 10.4. The average Bonchev–Trinajstić information content (AvgIpc) is 2.91. The first-order valence-corrected chi connectivity index (χ1v) is 6.94. The molecule has 0 aliphatic rings. The quantitative estimate of drug-likeness (QED) is 0.740. The minimum atomic E-state index is 0.750. The molecule has 0 radical (unpaired) electrons. The second kappa shape index (κ2) is 7.69. The number of nitrogens with two attached hydrogens (primary N) is 1. The zero-order chi connectivity index (χ0) is 13.3. The monoisotopic (exact) mass is 259 g/mol. The lowest BCUT2D eigenvalue weighted by Gasteiger charge is -1.96. The third kappa shape index (κ3) is 4.83. The fourth-order valence-electron chi connectivity index (χ4n) is 1.99. The Labute approximate surface area is 114 Å². The lowest BCUT2D eigenvalue weighted by Crippen LogP contribution is -1.98. The Balaban J connectivity index is 1.74. The number of hydrogen-bond acceptors (Lipinski definition) is 4. The Kier molecular flexibility index (Phi) is 5.56. The molecule has 2 aromatic rings. The SMILES string of the molecule is NCCCCCc1nc(CCc2ccccc2)no1. The van der Waals surface area contributed by atoms with Crippen LogP contribution in [0.3, 0.4) is 0 Å². The Morgan fingerprint density at radius 3 is 2.58 bits per heavy atom. The third-order valence-electron chi connectivity index (χ3n) is 3.09. The van der Waals surface area contributed by atoms with Crippen LogP contribution < -0.4 is 5.73 Å². The van der Waals surface area contributed by atoms with Gasteiger partial charge >= 0.3 is 0 Å². The van der Waals surface area contributed by atoms with Gasteiger partial charge in [-0.1, -0.05) is 41.9 Å². The van der Waals surface area contributed by atoms with Gasteiger partial charge in [-0.25, -0.2) is 0 Å². The van der Waals surface area contributed by atoms with E-state index in [1.165, 1.54) is 5.56 Å². The van der Waals surface area contributed by atoms with Crippen LogP contribution in [0.4, 0.5) is 0 Å². The van der Waals surface area contributed by atoms with Crippen LogP contribution in [0, 0.1) is 0 Å². The lowest BCUT2D eigenvalue weighted by atomic mass is 10.1. The van der Waals surface area contributed by atoms with Crippen molar-refractivity contribution in [1.29, 1.82) is 0 Å². The van der Waals surface area contributed by atoms with Crippen LogP contribution >= 0.6 is 0 Å². The second-order valence-electron chi connectivity index (χ2n) is 4.69. The van der Waals surface area contributed by atoms with Crippen molar-refractivity contribution in [3.05, 3.63) is 47.6 Å². The van der Waals surface area contributed by atoms with Gasteiger partial charge < -0.3 is 10.3 Å². The maximum atomic E-state index is 5.46. The Morgan fingerprint density at radius 1 is 0.947 bits per heavy atom. The molecule has 1 aromatic heterocycles. The van der Waals surface area contributed by atoms with Crippen molar-refractivity contribution in [2.24, 2.45) is 5.73 Å². The number of benzene rings is 1. The fourth-order valence-corrected chi connectivity index (χ4v) is 1.99. The number of hydrogen-bond donors (Lipinski definition) is 1. The molecule has 19 heavy (non-hydrogen) atoms. The Hall–Kier alpha value is -1.68. The van der Waals surface area contributed by atoms with E-state index in [4.69, 9.17) is 10.3 Å².